The molecule has 0 bridgehead atoms. The van der Waals surface area contributed by atoms with Crippen molar-refractivity contribution < 1.29 is 9.53 Å². The van der Waals surface area contributed by atoms with Crippen LogP contribution in [0.5, 0.6) is 0 Å². The molecule has 0 fully saturated rings. The van der Waals surface area contributed by atoms with Gasteiger partial charge in [0, 0.05) is 6.20 Å². The summed E-state index contributed by atoms with van der Waals surface area (Å²) in [6, 6.07) is 1.84. The van der Waals surface area contributed by atoms with E-state index in [0.717, 1.165) is 15.9 Å². The lowest BCUT2D eigenvalue weighted by Gasteiger charge is -1.90. The molecule has 0 aliphatic carbocycles. The van der Waals surface area contributed by atoms with Crippen LogP contribution in [0.25, 0.3) is 10.2 Å². The van der Waals surface area contributed by atoms with Crippen molar-refractivity contribution in [3.63, 3.8) is 0 Å². The van der Waals surface area contributed by atoms with Crippen LogP contribution in [0, 0.1) is 6.92 Å². The van der Waals surface area contributed by atoms with Crippen LogP contribution in [0.1, 0.15) is 15.5 Å². The van der Waals surface area contributed by atoms with E-state index in [4.69, 9.17) is 0 Å². The van der Waals surface area contributed by atoms with E-state index in [1.165, 1.54) is 18.4 Å². The Bertz CT molecular complexity index is 493. The number of ether oxygens (including phenoxy) is 1. The number of methoxy groups -OCH3 is 1. The SMILES string of the molecule is COC(=O)c1nc2c(C)nccc2s1. The number of esters is 1. The van der Waals surface area contributed by atoms with E-state index >= 15 is 0 Å². The third-order valence-electron chi connectivity index (χ3n) is 1.85. The molecule has 0 aliphatic heterocycles. The van der Waals surface area contributed by atoms with Gasteiger partial charge in [-0.1, -0.05) is 0 Å². The van der Waals surface area contributed by atoms with Gasteiger partial charge in [0.2, 0.25) is 5.01 Å². The first-order chi connectivity index (χ1) is 6.72. The van der Waals surface area contributed by atoms with E-state index in [1.54, 1.807) is 6.20 Å². The Morgan fingerprint density at radius 1 is 1.57 bits per heavy atom. The fraction of sp³-hybridized carbons (Fsp3) is 0.222. The summed E-state index contributed by atoms with van der Waals surface area (Å²) in [7, 11) is 1.35. The van der Waals surface area contributed by atoms with Crippen molar-refractivity contribution >= 4 is 27.5 Å². The summed E-state index contributed by atoms with van der Waals surface area (Å²) >= 11 is 1.32. The van der Waals surface area contributed by atoms with E-state index < -0.39 is 5.97 Å². The molecule has 5 heteroatoms. The highest BCUT2D eigenvalue weighted by Gasteiger charge is 2.13. The maximum atomic E-state index is 11.2. The zero-order valence-corrected chi connectivity index (χ0v) is 8.59. The highest BCUT2D eigenvalue weighted by molar-refractivity contribution is 7.20. The molecule has 2 rings (SSSR count). The van der Waals surface area contributed by atoms with Gasteiger partial charge in [-0.25, -0.2) is 9.78 Å². The molecule has 0 saturated heterocycles. The van der Waals surface area contributed by atoms with E-state index in [0.29, 0.717) is 5.01 Å². The van der Waals surface area contributed by atoms with Gasteiger partial charge in [0.25, 0.3) is 0 Å². The Morgan fingerprint density at radius 2 is 2.36 bits per heavy atom. The maximum absolute atomic E-state index is 11.2. The summed E-state index contributed by atoms with van der Waals surface area (Å²) in [4.78, 5) is 19.5. The van der Waals surface area contributed by atoms with Crippen LogP contribution in [0.3, 0.4) is 0 Å². The van der Waals surface area contributed by atoms with Gasteiger partial charge in [-0.05, 0) is 13.0 Å². The molecule has 14 heavy (non-hydrogen) atoms. The molecule has 0 aromatic carbocycles. The minimum Gasteiger partial charge on any atom is -0.464 e. The molecule has 0 aliphatic rings. The molecule has 0 N–H and O–H groups in total. The summed E-state index contributed by atoms with van der Waals surface area (Å²) in [5.41, 5.74) is 1.60. The van der Waals surface area contributed by atoms with Gasteiger partial charge in [-0.15, -0.1) is 11.3 Å². The Hall–Kier alpha value is -1.49. The van der Waals surface area contributed by atoms with Gasteiger partial charge in [0.1, 0.15) is 5.52 Å². The largest absolute Gasteiger partial charge is 0.464 e. The molecule has 72 valence electrons. The normalized spacial score (nSPS) is 10.4. The number of thiazole rings is 1. The lowest BCUT2D eigenvalue weighted by Crippen LogP contribution is -1.99. The number of pyridine rings is 1. The molecule has 0 spiro atoms. The number of aryl methyl sites for hydroxylation is 1. The van der Waals surface area contributed by atoms with Gasteiger partial charge in [-0.2, -0.15) is 0 Å². The molecule has 4 nitrogen and oxygen atoms in total. The summed E-state index contributed by atoms with van der Waals surface area (Å²) < 4.78 is 5.55. The third kappa shape index (κ3) is 1.35. The van der Waals surface area contributed by atoms with Gasteiger partial charge in [0.05, 0.1) is 17.5 Å². The number of fused-ring (bicyclic) bond motifs is 1. The molecule has 0 unspecified atom stereocenters. The minimum atomic E-state index is -0.398. The first-order valence-electron chi connectivity index (χ1n) is 4.03. The van der Waals surface area contributed by atoms with Gasteiger partial charge in [0.15, 0.2) is 0 Å². The number of carbonyl (C=O) groups excluding carboxylic acids is 1. The number of rotatable bonds is 1. The number of nitrogens with zero attached hydrogens (tertiary/aromatic N) is 2. The molecule has 0 atom stereocenters. The smallest absolute Gasteiger partial charge is 0.367 e. The van der Waals surface area contributed by atoms with Crippen LogP contribution < -0.4 is 0 Å². The molecular weight excluding hydrogens is 200 g/mol. The van der Waals surface area contributed by atoms with Crippen molar-refractivity contribution in [3.8, 4) is 0 Å². The number of aromatic nitrogens is 2. The number of hydrogen-bond donors (Lipinski definition) is 0. The Balaban J connectivity index is 2.62. The second kappa shape index (κ2) is 3.34. The summed E-state index contributed by atoms with van der Waals surface area (Å²) in [5.74, 6) is -0.398. The van der Waals surface area contributed by atoms with Crippen molar-refractivity contribution in [1.82, 2.24) is 9.97 Å². The predicted molar refractivity (Wildman–Crippen MR) is 53.5 cm³/mol. The van der Waals surface area contributed by atoms with Crippen molar-refractivity contribution in [3.05, 3.63) is 23.0 Å². The maximum Gasteiger partial charge on any atom is 0.367 e. The number of hydrogen-bond acceptors (Lipinski definition) is 5. The van der Waals surface area contributed by atoms with Crippen LogP contribution in [-0.2, 0) is 4.74 Å². The fourth-order valence-electron chi connectivity index (χ4n) is 1.16. The van der Waals surface area contributed by atoms with Crippen LogP contribution in [0.15, 0.2) is 12.3 Å². The van der Waals surface area contributed by atoms with E-state index in [2.05, 4.69) is 14.7 Å². The van der Waals surface area contributed by atoms with E-state index in [-0.39, 0.29) is 0 Å². The minimum absolute atomic E-state index is 0.374. The average molecular weight is 208 g/mol. The standard InChI is InChI=1S/C9H8N2O2S/c1-5-7-6(3-4-10-5)14-8(11-7)9(12)13-2/h3-4H,1-2H3. The first kappa shape index (κ1) is 9.08. The van der Waals surface area contributed by atoms with Crippen LogP contribution >= 0.6 is 11.3 Å². The first-order valence-corrected chi connectivity index (χ1v) is 4.84. The lowest BCUT2D eigenvalue weighted by molar-refractivity contribution is 0.0600. The Kier molecular flexibility index (Phi) is 2.17. The highest BCUT2D eigenvalue weighted by Crippen LogP contribution is 2.23. The second-order valence-corrected chi connectivity index (χ2v) is 3.78. The van der Waals surface area contributed by atoms with Crippen LogP contribution in [0.4, 0.5) is 0 Å². The van der Waals surface area contributed by atoms with E-state index in [9.17, 15) is 4.79 Å². The van der Waals surface area contributed by atoms with Crippen molar-refractivity contribution in [2.75, 3.05) is 7.11 Å². The van der Waals surface area contributed by atoms with Gasteiger partial charge >= 0.3 is 5.97 Å². The second-order valence-electron chi connectivity index (χ2n) is 2.75. The van der Waals surface area contributed by atoms with Gasteiger partial charge in [-0.3, -0.25) is 4.98 Å². The van der Waals surface area contributed by atoms with Crippen molar-refractivity contribution in [2.24, 2.45) is 0 Å². The monoisotopic (exact) mass is 208 g/mol. The molecule has 2 aromatic rings. The Morgan fingerprint density at radius 3 is 3.00 bits per heavy atom. The molecule has 2 aromatic heterocycles. The third-order valence-corrected chi connectivity index (χ3v) is 2.85. The number of carbonyl (C=O) groups is 1. The van der Waals surface area contributed by atoms with Gasteiger partial charge < -0.3 is 4.74 Å². The molecule has 0 radical (unpaired) electrons. The van der Waals surface area contributed by atoms with Crippen molar-refractivity contribution in [1.29, 1.82) is 0 Å². The molecule has 0 saturated carbocycles. The summed E-state index contributed by atoms with van der Waals surface area (Å²) in [5, 5.41) is 0.374. The lowest BCUT2D eigenvalue weighted by atomic mass is 10.3. The predicted octanol–water partition coefficient (Wildman–Crippen LogP) is 1.79. The Labute approximate surface area is 84.6 Å². The molecule has 0 amide bonds. The molecule has 2 heterocycles. The topological polar surface area (TPSA) is 52.1 Å². The fourth-order valence-corrected chi connectivity index (χ4v) is 2.09. The van der Waals surface area contributed by atoms with E-state index in [1.807, 2.05) is 13.0 Å². The molecular formula is C9H8N2O2S. The van der Waals surface area contributed by atoms with Crippen LogP contribution in [0.2, 0.25) is 0 Å². The van der Waals surface area contributed by atoms with Crippen LogP contribution in [-0.4, -0.2) is 23.0 Å². The highest BCUT2D eigenvalue weighted by atomic mass is 32.1. The summed E-state index contributed by atoms with van der Waals surface area (Å²) in [6.45, 7) is 1.86. The van der Waals surface area contributed by atoms with Crippen molar-refractivity contribution in [2.45, 2.75) is 6.92 Å². The quantitative estimate of drug-likeness (QED) is 0.670. The summed E-state index contributed by atoms with van der Waals surface area (Å²) in [6.07, 6.45) is 1.71. The average Bonchev–Trinajstić information content (AvgIpc) is 2.62. The zero-order valence-electron chi connectivity index (χ0n) is 7.77. The zero-order chi connectivity index (χ0) is 10.1.